The highest BCUT2D eigenvalue weighted by molar-refractivity contribution is 8.33. The Morgan fingerprint density at radius 3 is 2.44 bits per heavy atom. The third-order valence-corrected chi connectivity index (χ3v) is 9.80. The van der Waals surface area contributed by atoms with Gasteiger partial charge in [0, 0.05) is 11.6 Å². The third-order valence-electron chi connectivity index (χ3n) is 6.86. The number of rotatable bonds is 4. The van der Waals surface area contributed by atoms with Crippen LogP contribution in [0.3, 0.4) is 0 Å². The van der Waals surface area contributed by atoms with Crippen LogP contribution < -0.4 is 10.6 Å². The molecule has 2 aromatic rings. The van der Waals surface area contributed by atoms with Gasteiger partial charge in [0.15, 0.2) is 5.82 Å². The maximum atomic E-state index is 14.0. The molecule has 1 fully saturated rings. The second-order valence-corrected chi connectivity index (χ2v) is 14.2. The first-order chi connectivity index (χ1) is 14.9. The number of halogens is 2. The summed E-state index contributed by atoms with van der Waals surface area (Å²) in [5, 5.41) is 12.7. The number of carbonyl (C=O) groups is 2. The lowest BCUT2D eigenvalue weighted by atomic mass is 9.83. The van der Waals surface area contributed by atoms with Crippen molar-refractivity contribution in [2.24, 2.45) is 0 Å². The fraction of sp³-hybridized carbons (Fsp3) is 0.500. The van der Waals surface area contributed by atoms with Gasteiger partial charge in [0.05, 0.1) is 28.2 Å². The minimum atomic E-state index is -1.12. The van der Waals surface area contributed by atoms with Crippen LogP contribution in [0.1, 0.15) is 44.4 Å². The summed E-state index contributed by atoms with van der Waals surface area (Å²) in [5.74, 6) is -0.976. The van der Waals surface area contributed by atoms with Crippen molar-refractivity contribution < 1.29 is 18.4 Å². The van der Waals surface area contributed by atoms with Crippen molar-refractivity contribution in [3.63, 3.8) is 0 Å². The highest BCUT2D eigenvalue weighted by Crippen LogP contribution is 2.60. The molecule has 2 heterocycles. The number of H-pyrrole nitrogens is 1. The van der Waals surface area contributed by atoms with Gasteiger partial charge in [-0.2, -0.15) is 5.10 Å². The number of nitrogens with one attached hydrogen (secondary N) is 3. The number of hydrogen-bond acceptors (Lipinski definition) is 3. The van der Waals surface area contributed by atoms with Crippen molar-refractivity contribution in [2.45, 2.75) is 49.9 Å². The Morgan fingerprint density at radius 1 is 1.16 bits per heavy atom. The van der Waals surface area contributed by atoms with Crippen molar-refractivity contribution in [1.82, 2.24) is 15.1 Å². The van der Waals surface area contributed by atoms with E-state index in [1.807, 2.05) is 13.8 Å². The zero-order chi connectivity index (χ0) is 23.5. The van der Waals surface area contributed by atoms with Gasteiger partial charge in [-0.1, -0.05) is 0 Å². The van der Waals surface area contributed by atoms with E-state index in [4.69, 9.17) is 0 Å². The average Bonchev–Trinajstić information content (AvgIpc) is 3.14. The number of hydrogen-bond donors (Lipinski definition) is 3. The van der Waals surface area contributed by atoms with Gasteiger partial charge >= 0.3 is 6.03 Å². The molecule has 0 saturated heterocycles. The Hall–Kier alpha value is -2.62. The fourth-order valence-electron chi connectivity index (χ4n) is 4.56. The minimum Gasteiger partial charge on any atom is -0.309 e. The van der Waals surface area contributed by atoms with Gasteiger partial charge in [0.1, 0.15) is 11.6 Å². The summed E-state index contributed by atoms with van der Waals surface area (Å²) in [6.45, 7) is 3.83. The zero-order valence-electron chi connectivity index (χ0n) is 18.9. The first-order valence-corrected chi connectivity index (χ1v) is 13.3. The van der Waals surface area contributed by atoms with E-state index in [0.29, 0.717) is 11.5 Å². The number of aromatic nitrogens is 2. The Labute approximate surface area is 187 Å². The molecule has 32 heavy (non-hydrogen) atoms. The van der Waals surface area contributed by atoms with Crippen LogP contribution in [0.5, 0.6) is 0 Å². The summed E-state index contributed by atoms with van der Waals surface area (Å²) in [4.78, 5) is 27.7. The summed E-state index contributed by atoms with van der Waals surface area (Å²) < 4.78 is 27.1. The van der Waals surface area contributed by atoms with Crippen LogP contribution in [0.2, 0.25) is 0 Å². The van der Waals surface area contributed by atoms with Crippen LogP contribution in [0, 0.1) is 11.6 Å². The molecule has 0 atom stereocenters. The van der Waals surface area contributed by atoms with E-state index in [1.165, 1.54) is 4.90 Å². The number of amides is 3. The quantitative estimate of drug-likeness (QED) is 0.620. The van der Waals surface area contributed by atoms with Gasteiger partial charge in [-0.3, -0.25) is 9.89 Å². The summed E-state index contributed by atoms with van der Waals surface area (Å²) >= 11 is 0. The predicted octanol–water partition coefficient (Wildman–Crippen LogP) is 4.53. The van der Waals surface area contributed by atoms with Crippen LogP contribution in [0.25, 0.3) is 0 Å². The van der Waals surface area contributed by atoms with Crippen LogP contribution in [0.15, 0.2) is 18.2 Å². The molecule has 2 aliphatic rings. The lowest BCUT2D eigenvalue weighted by Crippen LogP contribution is -2.51. The number of benzene rings is 1. The van der Waals surface area contributed by atoms with E-state index in [0.717, 1.165) is 43.0 Å². The molecule has 3 amide bonds. The molecule has 10 heteroatoms. The van der Waals surface area contributed by atoms with Crippen LogP contribution in [-0.2, 0) is 16.9 Å². The summed E-state index contributed by atoms with van der Waals surface area (Å²) in [7, 11) is -1.12. The molecule has 0 bridgehead atoms. The number of fused-ring (bicyclic) bond motifs is 1. The molecule has 0 unspecified atom stereocenters. The van der Waals surface area contributed by atoms with E-state index in [-0.39, 0.29) is 22.9 Å². The number of carbonyl (C=O) groups excluding carboxylic acids is 2. The molecule has 3 N–H and O–H groups in total. The molecule has 0 radical (unpaired) electrons. The summed E-state index contributed by atoms with van der Waals surface area (Å²) in [6, 6.07) is 2.32. The van der Waals surface area contributed by atoms with Crippen molar-refractivity contribution in [3.05, 3.63) is 41.1 Å². The topological polar surface area (TPSA) is 90.1 Å². The number of nitrogens with zero attached hydrogens (tertiary/aromatic N) is 2. The summed E-state index contributed by atoms with van der Waals surface area (Å²) in [6.07, 6.45) is 9.23. The predicted molar refractivity (Wildman–Crippen MR) is 123 cm³/mol. The van der Waals surface area contributed by atoms with E-state index < -0.39 is 33.2 Å². The molecule has 4 rings (SSSR count). The van der Waals surface area contributed by atoms with Gasteiger partial charge in [-0.15, -0.1) is 0 Å². The maximum Gasteiger partial charge on any atom is 0.323 e. The van der Waals surface area contributed by atoms with E-state index in [9.17, 15) is 18.4 Å². The van der Waals surface area contributed by atoms with Gasteiger partial charge in [0.2, 0.25) is 5.91 Å². The van der Waals surface area contributed by atoms with E-state index >= 15 is 0 Å². The first-order valence-electron chi connectivity index (χ1n) is 10.5. The van der Waals surface area contributed by atoms with Crippen molar-refractivity contribution >= 4 is 33.5 Å². The maximum absolute atomic E-state index is 14.0. The smallest absolute Gasteiger partial charge is 0.309 e. The molecule has 1 aromatic heterocycles. The minimum absolute atomic E-state index is 0.0249. The normalized spacial score (nSPS) is 19.2. The molecule has 7 nitrogen and oxygen atoms in total. The molecule has 1 aliphatic heterocycles. The number of aromatic amines is 1. The number of anilines is 2. The van der Waals surface area contributed by atoms with Crippen LogP contribution in [0.4, 0.5) is 25.1 Å². The summed E-state index contributed by atoms with van der Waals surface area (Å²) in [5.41, 5.74) is 0.404. The lowest BCUT2D eigenvalue weighted by molar-refractivity contribution is -0.120. The SMILES string of the molecule is CC1(C)c2[nH]nc(NC(=O)C3(S(C)(C)C)CCC3)c2CN1C(=O)Nc1cc(F)ccc1F. The fourth-order valence-corrected chi connectivity index (χ4v) is 6.68. The molecular weight excluding hydrogens is 436 g/mol. The van der Waals surface area contributed by atoms with Gasteiger partial charge in [0.25, 0.3) is 0 Å². The molecule has 1 saturated carbocycles. The third kappa shape index (κ3) is 3.44. The van der Waals surface area contributed by atoms with Crippen LogP contribution in [-0.4, -0.2) is 50.5 Å². The molecule has 1 aromatic carbocycles. The molecule has 1 aliphatic carbocycles. The molecule has 0 spiro atoms. The standard InChI is InChI=1S/C22H29F2N5O2S/c1-21(2)17-14(12-29(21)20(31)25-16-11-13(23)7-8-15(16)24)18(28-27-17)26-19(30)22(9-6-10-22)32(3,4)5/h7-8,11H,6,9-10,12H2,1-5H3,(H,25,31)(H2,26,27,28,30). The Morgan fingerprint density at radius 2 is 1.84 bits per heavy atom. The second-order valence-electron chi connectivity index (χ2n) is 9.76. The zero-order valence-corrected chi connectivity index (χ0v) is 19.8. The second kappa shape index (κ2) is 7.47. The first kappa shape index (κ1) is 22.6. The largest absolute Gasteiger partial charge is 0.323 e. The van der Waals surface area contributed by atoms with Crippen molar-refractivity contribution in [2.75, 3.05) is 29.4 Å². The van der Waals surface area contributed by atoms with E-state index in [1.54, 1.807) is 0 Å². The van der Waals surface area contributed by atoms with Crippen LogP contribution >= 0.6 is 10.0 Å². The Balaban J connectivity index is 1.55. The monoisotopic (exact) mass is 465 g/mol. The average molecular weight is 466 g/mol. The number of urea groups is 1. The van der Waals surface area contributed by atoms with Gasteiger partial charge in [-0.05, 0) is 64.0 Å². The van der Waals surface area contributed by atoms with E-state index in [2.05, 4.69) is 39.6 Å². The highest BCUT2D eigenvalue weighted by Gasteiger charge is 2.51. The van der Waals surface area contributed by atoms with Gasteiger partial charge in [-0.25, -0.2) is 23.6 Å². The van der Waals surface area contributed by atoms with Crippen molar-refractivity contribution in [3.8, 4) is 0 Å². The Bertz CT molecular complexity index is 1090. The van der Waals surface area contributed by atoms with Crippen molar-refractivity contribution in [1.29, 1.82) is 0 Å². The Kier molecular flexibility index (Phi) is 5.27. The lowest BCUT2D eigenvalue weighted by Gasteiger charge is -2.53. The molecule has 174 valence electrons. The highest BCUT2D eigenvalue weighted by atomic mass is 32.3. The molecular formula is C22H29F2N5O2S. The van der Waals surface area contributed by atoms with Gasteiger partial charge < -0.3 is 15.5 Å².